The summed E-state index contributed by atoms with van der Waals surface area (Å²) in [7, 11) is 0. The van der Waals surface area contributed by atoms with Crippen molar-refractivity contribution in [1.82, 2.24) is 19.9 Å². The lowest BCUT2D eigenvalue weighted by Crippen LogP contribution is -2.51. The number of benzene rings is 1. The molecule has 6 nitrogen and oxygen atoms in total. The van der Waals surface area contributed by atoms with Gasteiger partial charge in [0, 0.05) is 18.3 Å². The third kappa shape index (κ3) is 2.54. The second kappa shape index (κ2) is 5.31. The van der Waals surface area contributed by atoms with Crippen LogP contribution in [0.2, 0.25) is 0 Å². The van der Waals surface area contributed by atoms with E-state index in [1.807, 2.05) is 11.0 Å². The highest BCUT2D eigenvalue weighted by atomic mass is 16.2. The topological polar surface area (TPSA) is 81.8 Å². The lowest BCUT2D eigenvalue weighted by molar-refractivity contribution is 0.0487. The number of aryl methyl sites for hydroxylation is 1. The molecule has 1 aliphatic heterocycles. The summed E-state index contributed by atoms with van der Waals surface area (Å²) in [6, 6.07) is 7.92. The van der Waals surface area contributed by atoms with Crippen LogP contribution in [0.3, 0.4) is 0 Å². The van der Waals surface area contributed by atoms with E-state index in [9.17, 15) is 9.59 Å². The van der Waals surface area contributed by atoms with Crippen molar-refractivity contribution in [1.29, 1.82) is 0 Å². The molecule has 0 unspecified atom stereocenters. The molecule has 2 aromatic heterocycles. The van der Waals surface area contributed by atoms with E-state index in [0.717, 1.165) is 6.42 Å². The first kappa shape index (κ1) is 15.6. The van der Waals surface area contributed by atoms with Crippen molar-refractivity contribution in [2.45, 2.75) is 39.3 Å². The largest absolute Gasteiger partial charge is 0.329 e. The van der Waals surface area contributed by atoms with Gasteiger partial charge in [0.05, 0.1) is 11.1 Å². The van der Waals surface area contributed by atoms with Gasteiger partial charge in [-0.2, -0.15) is 0 Å². The fraction of sp³-hybridized carbons (Fsp3) is 0.316. The van der Waals surface area contributed by atoms with E-state index in [0.29, 0.717) is 23.3 Å². The molecule has 3 heterocycles. The lowest BCUT2D eigenvalue weighted by Gasteiger charge is -2.44. The number of H-pyrrole nitrogens is 2. The fourth-order valence-electron chi connectivity index (χ4n) is 3.62. The summed E-state index contributed by atoms with van der Waals surface area (Å²) in [4.78, 5) is 35.9. The van der Waals surface area contributed by atoms with Gasteiger partial charge in [0.15, 0.2) is 5.65 Å². The third-order valence-corrected chi connectivity index (χ3v) is 5.04. The van der Waals surface area contributed by atoms with Gasteiger partial charge in [-0.15, -0.1) is 0 Å². The Morgan fingerprint density at radius 3 is 2.88 bits per heavy atom. The number of nitrogens with one attached hydrogen (secondary N) is 2. The van der Waals surface area contributed by atoms with Gasteiger partial charge in [-0.05, 0) is 49.9 Å². The lowest BCUT2D eigenvalue weighted by atomic mass is 9.83. The quantitative estimate of drug-likeness (QED) is 0.716. The molecule has 1 amide bonds. The molecular weight excluding hydrogens is 316 g/mol. The molecule has 0 radical (unpaired) electrons. The van der Waals surface area contributed by atoms with Gasteiger partial charge in [-0.3, -0.25) is 9.78 Å². The number of amides is 1. The van der Waals surface area contributed by atoms with E-state index in [1.165, 1.54) is 22.9 Å². The Bertz CT molecular complexity index is 1050. The number of rotatable bonds is 1. The molecule has 4 rings (SSSR count). The molecule has 0 bridgehead atoms. The van der Waals surface area contributed by atoms with E-state index in [-0.39, 0.29) is 17.1 Å². The van der Waals surface area contributed by atoms with Crippen LogP contribution in [0, 0.1) is 6.92 Å². The minimum absolute atomic E-state index is 0.0754. The fourth-order valence-corrected chi connectivity index (χ4v) is 3.62. The maximum atomic E-state index is 13.1. The first-order chi connectivity index (χ1) is 11.8. The normalized spacial score (nSPS) is 16.0. The Balaban J connectivity index is 1.74. The number of pyridine rings is 1. The Kier molecular flexibility index (Phi) is 3.32. The van der Waals surface area contributed by atoms with Crippen molar-refractivity contribution in [3.05, 3.63) is 63.2 Å². The second-order valence-corrected chi connectivity index (χ2v) is 7.29. The molecule has 1 aliphatic rings. The SMILES string of the molecule is Cc1cccc2c1CC(C)(C)N(C(=O)c1cnc3[nH]c(=O)[nH]c3c1)C2. The van der Waals surface area contributed by atoms with E-state index < -0.39 is 0 Å². The Morgan fingerprint density at radius 2 is 2.08 bits per heavy atom. The average Bonchev–Trinajstić information content (AvgIpc) is 2.93. The van der Waals surface area contributed by atoms with Crippen molar-refractivity contribution in [2.24, 2.45) is 0 Å². The molecule has 0 aliphatic carbocycles. The maximum absolute atomic E-state index is 13.1. The van der Waals surface area contributed by atoms with Gasteiger partial charge in [0.1, 0.15) is 0 Å². The van der Waals surface area contributed by atoms with Crippen molar-refractivity contribution in [3.8, 4) is 0 Å². The van der Waals surface area contributed by atoms with E-state index in [1.54, 1.807) is 6.07 Å². The van der Waals surface area contributed by atoms with Crippen LogP contribution in [-0.2, 0) is 13.0 Å². The number of hydrogen-bond acceptors (Lipinski definition) is 3. The zero-order chi connectivity index (χ0) is 17.8. The molecule has 3 aromatic rings. The van der Waals surface area contributed by atoms with Crippen LogP contribution in [0.25, 0.3) is 11.2 Å². The first-order valence-corrected chi connectivity index (χ1v) is 8.32. The van der Waals surface area contributed by atoms with E-state index >= 15 is 0 Å². The predicted molar refractivity (Wildman–Crippen MR) is 95.5 cm³/mol. The number of carbonyl (C=O) groups is 1. The summed E-state index contributed by atoms with van der Waals surface area (Å²) in [6.45, 7) is 6.87. The molecule has 128 valence electrons. The summed E-state index contributed by atoms with van der Waals surface area (Å²) in [5.74, 6) is -0.0754. The second-order valence-electron chi connectivity index (χ2n) is 7.29. The molecule has 0 atom stereocenters. The highest BCUT2D eigenvalue weighted by Crippen LogP contribution is 2.33. The monoisotopic (exact) mass is 336 g/mol. The molecule has 0 spiro atoms. The number of imidazole rings is 1. The zero-order valence-electron chi connectivity index (χ0n) is 14.5. The minimum atomic E-state index is -0.324. The molecule has 0 saturated heterocycles. The van der Waals surface area contributed by atoms with Crippen molar-refractivity contribution >= 4 is 17.1 Å². The summed E-state index contributed by atoms with van der Waals surface area (Å²) in [5.41, 5.74) is 4.66. The minimum Gasteiger partial charge on any atom is -0.329 e. The number of aromatic nitrogens is 3. The summed E-state index contributed by atoms with van der Waals surface area (Å²) >= 11 is 0. The average molecular weight is 336 g/mol. The highest BCUT2D eigenvalue weighted by Gasteiger charge is 2.37. The molecule has 2 N–H and O–H groups in total. The van der Waals surface area contributed by atoms with Gasteiger partial charge < -0.3 is 9.88 Å². The Hall–Kier alpha value is -2.89. The van der Waals surface area contributed by atoms with Gasteiger partial charge in [0.2, 0.25) is 0 Å². The zero-order valence-corrected chi connectivity index (χ0v) is 14.5. The molecule has 0 saturated carbocycles. The molecule has 0 fully saturated rings. The predicted octanol–water partition coefficient (Wildman–Crippen LogP) is 2.54. The van der Waals surface area contributed by atoms with Crippen LogP contribution in [0.1, 0.15) is 40.9 Å². The first-order valence-electron chi connectivity index (χ1n) is 8.32. The number of hydrogen-bond donors (Lipinski definition) is 2. The Labute approximate surface area is 144 Å². The Morgan fingerprint density at radius 1 is 1.28 bits per heavy atom. The van der Waals surface area contributed by atoms with Crippen LogP contribution in [0.4, 0.5) is 0 Å². The van der Waals surface area contributed by atoms with Crippen LogP contribution in [-0.4, -0.2) is 31.3 Å². The summed E-state index contributed by atoms with van der Waals surface area (Å²) in [6.07, 6.45) is 2.34. The number of aromatic amines is 2. The van der Waals surface area contributed by atoms with Crippen molar-refractivity contribution in [3.63, 3.8) is 0 Å². The van der Waals surface area contributed by atoms with Crippen molar-refractivity contribution in [2.75, 3.05) is 0 Å². The summed E-state index contributed by atoms with van der Waals surface area (Å²) < 4.78 is 0. The maximum Gasteiger partial charge on any atom is 0.325 e. The molecular formula is C19H20N4O2. The third-order valence-electron chi connectivity index (χ3n) is 5.04. The van der Waals surface area contributed by atoms with Gasteiger partial charge >= 0.3 is 5.69 Å². The van der Waals surface area contributed by atoms with Crippen molar-refractivity contribution < 1.29 is 4.79 Å². The van der Waals surface area contributed by atoms with Gasteiger partial charge in [-0.1, -0.05) is 18.2 Å². The van der Waals surface area contributed by atoms with E-state index in [4.69, 9.17) is 0 Å². The van der Waals surface area contributed by atoms with Gasteiger partial charge in [-0.25, -0.2) is 9.78 Å². The van der Waals surface area contributed by atoms with Crippen LogP contribution < -0.4 is 5.69 Å². The number of nitrogens with zero attached hydrogens (tertiary/aromatic N) is 2. The smallest absolute Gasteiger partial charge is 0.325 e. The molecule has 25 heavy (non-hydrogen) atoms. The standard InChI is InChI=1S/C19H20N4O2/c1-11-5-4-6-12-10-23(19(2,3)8-14(11)12)17(24)13-7-15-16(20-9-13)22-18(25)21-15/h4-7,9H,8,10H2,1-3H3,(H2,20,21,22,25). The van der Waals surface area contributed by atoms with Crippen LogP contribution in [0.5, 0.6) is 0 Å². The summed E-state index contributed by atoms with van der Waals surface area (Å²) in [5, 5.41) is 0. The number of fused-ring (bicyclic) bond motifs is 2. The molecule has 1 aromatic carbocycles. The van der Waals surface area contributed by atoms with E-state index in [2.05, 4.69) is 47.9 Å². The van der Waals surface area contributed by atoms with Crippen LogP contribution >= 0.6 is 0 Å². The number of carbonyl (C=O) groups excluding carboxylic acids is 1. The van der Waals surface area contributed by atoms with Crippen LogP contribution in [0.15, 0.2) is 35.3 Å². The van der Waals surface area contributed by atoms with Gasteiger partial charge in [0.25, 0.3) is 5.91 Å². The molecule has 6 heteroatoms. The highest BCUT2D eigenvalue weighted by molar-refractivity contribution is 5.96.